The minimum absolute atomic E-state index is 0.00821. The van der Waals surface area contributed by atoms with Crippen molar-refractivity contribution in [3.05, 3.63) is 25.3 Å². The van der Waals surface area contributed by atoms with Crippen LogP contribution in [-0.4, -0.2) is 86.4 Å². The minimum Gasteiger partial charge on any atom is -0.461 e. The van der Waals surface area contributed by atoms with Crippen LogP contribution in [0.25, 0.3) is 0 Å². The van der Waals surface area contributed by atoms with Crippen molar-refractivity contribution in [1.82, 2.24) is 9.80 Å². The van der Waals surface area contributed by atoms with Gasteiger partial charge in [-0.2, -0.15) is 0 Å². The van der Waals surface area contributed by atoms with Gasteiger partial charge in [0.2, 0.25) is 11.8 Å². The van der Waals surface area contributed by atoms with Crippen molar-refractivity contribution in [1.29, 1.82) is 0 Å². The SMILES string of the molecule is C=CCOC(=O)[C@H]1[C@H]2C(=O)N(CCCO)C(C(=O)N(CC=C)CCCCC)C23CC(Br)[C@@H]1S3. The molecule has 33 heavy (non-hydrogen) atoms. The van der Waals surface area contributed by atoms with E-state index in [1.54, 1.807) is 27.6 Å². The molecule has 3 aliphatic rings. The first-order valence-electron chi connectivity index (χ1n) is 11.8. The summed E-state index contributed by atoms with van der Waals surface area (Å²) < 4.78 is 4.69. The van der Waals surface area contributed by atoms with Gasteiger partial charge in [0.1, 0.15) is 12.6 Å². The first-order chi connectivity index (χ1) is 15.9. The van der Waals surface area contributed by atoms with Crippen molar-refractivity contribution < 1.29 is 24.2 Å². The highest BCUT2D eigenvalue weighted by atomic mass is 79.9. The van der Waals surface area contributed by atoms with Gasteiger partial charge in [0.05, 0.1) is 16.6 Å². The van der Waals surface area contributed by atoms with Crippen molar-refractivity contribution in [2.75, 3.05) is 32.8 Å². The van der Waals surface area contributed by atoms with Gasteiger partial charge < -0.3 is 19.6 Å². The third kappa shape index (κ3) is 4.78. The number of halogens is 1. The number of nitrogens with zero attached hydrogens (tertiary/aromatic N) is 2. The summed E-state index contributed by atoms with van der Waals surface area (Å²) in [6, 6.07) is -0.671. The predicted octanol–water partition coefficient (Wildman–Crippen LogP) is 2.77. The first kappa shape index (κ1) is 26.3. The Kier molecular flexibility index (Phi) is 9.08. The van der Waals surface area contributed by atoms with E-state index in [1.165, 1.54) is 6.08 Å². The molecule has 0 aromatic rings. The number of unbranched alkanes of at least 4 members (excludes halogenated alkanes) is 2. The van der Waals surface area contributed by atoms with Crippen LogP contribution >= 0.6 is 27.7 Å². The Hall–Kier alpha value is -1.32. The Bertz CT molecular complexity index is 780. The van der Waals surface area contributed by atoms with Gasteiger partial charge in [0.25, 0.3) is 0 Å². The molecule has 0 radical (unpaired) electrons. The summed E-state index contributed by atoms with van der Waals surface area (Å²) in [5.74, 6) is -1.88. The zero-order valence-electron chi connectivity index (χ0n) is 19.3. The van der Waals surface area contributed by atoms with Crippen LogP contribution < -0.4 is 0 Å². The molecule has 1 N–H and O–H groups in total. The van der Waals surface area contributed by atoms with E-state index in [9.17, 15) is 19.5 Å². The van der Waals surface area contributed by atoms with Crippen LogP contribution in [0.1, 0.15) is 39.0 Å². The number of thioether (sulfide) groups is 1. The molecule has 2 bridgehead atoms. The maximum absolute atomic E-state index is 14.0. The lowest BCUT2D eigenvalue weighted by Gasteiger charge is -2.37. The molecule has 3 unspecified atom stereocenters. The van der Waals surface area contributed by atoms with Crippen LogP contribution in [0.3, 0.4) is 0 Å². The molecule has 1 spiro atoms. The highest BCUT2D eigenvalue weighted by Gasteiger charge is 2.76. The van der Waals surface area contributed by atoms with E-state index in [-0.39, 0.29) is 41.6 Å². The summed E-state index contributed by atoms with van der Waals surface area (Å²) in [6.07, 6.45) is 7.19. The molecule has 0 aliphatic carbocycles. The molecule has 2 amide bonds. The lowest BCUT2D eigenvalue weighted by atomic mass is 9.71. The zero-order chi connectivity index (χ0) is 24.2. The fourth-order valence-electron chi connectivity index (χ4n) is 5.57. The number of carbonyl (C=O) groups is 3. The second-order valence-corrected chi connectivity index (χ2v) is 11.7. The number of hydrogen-bond acceptors (Lipinski definition) is 6. The molecule has 0 aromatic heterocycles. The molecule has 3 heterocycles. The standard InChI is InChI=1S/C24H35BrN2O5S/c1-4-7-8-11-26(10-5-2)22(30)20-24-15-16(25)19(33-24)17(23(31)32-14-6-3)18(24)21(29)27(20)12-9-13-28/h5-6,16-20,28H,2-4,7-15H2,1H3/t16?,17-,18-,19-,20?,24?/m0/s1. The largest absolute Gasteiger partial charge is 0.461 e. The van der Waals surface area contributed by atoms with Crippen LogP contribution in [0.2, 0.25) is 0 Å². The third-order valence-corrected chi connectivity index (χ3v) is 10.1. The molecule has 0 saturated carbocycles. The molecular formula is C24H35BrN2O5S. The number of hydrogen-bond donors (Lipinski definition) is 1. The van der Waals surface area contributed by atoms with Gasteiger partial charge in [0.15, 0.2) is 0 Å². The van der Waals surface area contributed by atoms with E-state index < -0.39 is 28.6 Å². The van der Waals surface area contributed by atoms with Gasteiger partial charge in [-0.25, -0.2) is 0 Å². The number of aliphatic hydroxyl groups is 1. The maximum Gasteiger partial charge on any atom is 0.311 e. The van der Waals surface area contributed by atoms with Crippen molar-refractivity contribution in [2.45, 2.75) is 59.9 Å². The smallest absolute Gasteiger partial charge is 0.311 e. The molecule has 3 saturated heterocycles. The molecule has 0 aromatic carbocycles. The van der Waals surface area contributed by atoms with E-state index in [2.05, 4.69) is 36.0 Å². The molecule has 3 aliphatic heterocycles. The van der Waals surface area contributed by atoms with Crippen molar-refractivity contribution in [3.63, 3.8) is 0 Å². The first-order valence-corrected chi connectivity index (χ1v) is 13.6. The van der Waals surface area contributed by atoms with E-state index in [1.807, 2.05) is 0 Å². The van der Waals surface area contributed by atoms with Crippen molar-refractivity contribution in [2.24, 2.45) is 11.8 Å². The summed E-state index contributed by atoms with van der Waals surface area (Å²) >= 11 is 5.33. The molecule has 184 valence electrons. The van der Waals surface area contributed by atoms with Crippen molar-refractivity contribution in [3.8, 4) is 0 Å². The van der Waals surface area contributed by atoms with Gasteiger partial charge in [-0.05, 0) is 19.3 Å². The van der Waals surface area contributed by atoms with Gasteiger partial charge in [0, 0.05) is 36.3 Å². The number of aliphatic hydroxyl groups excluding tert-OH is 1. The van der Waals surface area contributed by atoms with Crippen LogP contribution in [0, 0.1) is 11.8 Å². The summed E-state index contributed by atoms with van der Waals surface area (Å²) in [5, 5.41) is 9.32. The van der Waals surface area contributed by atoms with Crippen LogP contribution in [0.4, 0.5) is 0 Å². The molecule has 7 nitrogen and oxygen atoms in total. The third-order valence-electron chi connectivity index (χ3n) is 6.89. The summed E-state index contributed by atoms with van der Waals surface area (Å²) in [5.41, 5.74) is 0. The van der Waals surface area contributed by atoms with Gasteiger partial charge in [-0.1, -0.05) is 54.4 Å². The topological polar surface area (TPSA) is 87.1 Å². The normalized spacial score (nSPS) is 32.0. The highest BCUT2D eigenvalue weighted by molar-refractivity contribution is 9.09. The second-order valence-electron chi connectivity index (χ2n) is 8.97. The zero-order valence-corrected chi connectivity index (χ0v) is 21.7. The van der Waals surface area contributed by atoms with Gasteiger partial charge in [-0.3, -0.25) is 14.4 Å². The number of rotatable bonds is 13. The molecule has 6 atom stereocenters. The lowest BCUT2D eigenvalue weighted by Crippen LogP contribution is -2.55. The number of esters is 1. The maximum atomic E-state index is 14.0. The Morgan fingerprint density at radius 1 is 1.33 bits per heavy atom. The Morgan fingerprint density at radius 2 is 2.09 bits per heavy atom. The fraction of sp³-hybridized carbons (Fsp3) is 0.708. The Labute approximate surface area is 209 Å². The quantitative estimate of drug-likeness (QED) is 0.166. The summed E-state index contributed by atoms with van der Waals surface area (Å²) in [7, 11) is 0. The fourth-order valence-corrected chi connectivity index (χ4v) is 9.16. The molecule has 9 heteroatoms. The van der Waals surface area contributed by atoms with E-state index >= 15 is 0 Å². The van der Waals surface area contributed by atoms with Crippen LogP contribution in [0.15, 0.2) is 25.3 Å². The Morgan fingerprint density at radius 3 is 2.73 bits per heavy atom. The number of amides is 2. The van der Waals surface area contributed by atoms with E-state index in [0.717, 1.165) is 19.3 Å². The Balaban J connectivity index is 1.98. The molecular weight excluding hydrogens is 508 g/mol. The second kappa shape index (κ2) is 11.4. The van der Waals surface area contributed by atoms with Gasteiger partial charge >= 0.3 is 5.97 Å². The summed E-state index contributed by atoms with van der Waals surface area (Å²) in [4.78, 5) is 44.2. The summed E-state index contributed by atoms with van der Waals surface area (Å²) in [6.45, 7) is 10.9. The minimum atomic E-state index is -0.690. The van der Waals surface area contributed by atoms with Crippen LogP contribution in [0.5, 0.6) is 0 Å². The van der Waals surface area contributed by atoms with Gasteiger partial charge in [-0.15, -0.1) is 18.3 Å². The van der Waals surface area contributed by atoms with E-state index in [4.69, 9.17) is 4.74 Å². The highest BCUT2D eigenvalue weighted by Crippen LogP contribution is 2.68. The average Bonchev–Trinajstić information content (AvgIpc) is 3.38. The number of carbonyl (C=O) groups excluding carboxylic acids is 3. The van der Waals surface area contributed by atoms with Crippen LogP contribution in [-0.2, 0) is 19.1 Å². The van der Waals surface area contributed by atoms with E-state index in [0.29, 0.717) is 25.9 Å². The van der Waals surface area contributed by atoms with Crippen molar-refractivity contribution >= 4 is 45.5 Å². The number of likely N-dealkylation sites (tertiary alicyclic amines) is 1. The lowest BCUT2D eigenvalue weighted by molar-refractivity contribution is -0.153. The predicted molar refractivity (Wildman–Crippen MR) is 133 cm³/mol. The molecule has 3 rings (SSSR count). The molecule has 3 fully saturated rings. The monoisotopic (exact) mass is 542 g/mol. The number of ether oxygens (including phenoxy) is 1. The average molecular weight is 544 g/mol. The number of fused-ring (bicyclic) bond motifs is 1. The number of alkyl halides is 1.